The summed E-state index contributed by atoms with van der Waals surface area (Å²) in [5, 5.41) is 7.76. The van der Waals surface area contributed by atoms with Crippen molar-refractivity contribution in [1.82, 2.24) is 15.1 Å². The van der Waals surface area contributed by atoms with Gasteiger partial charge >= 0.3 is 0 Å². The van der Waals surface area contributed by atoms with Crippen LogP contribution < -0.4 is 5.32 Å². The van der Waals surface area contributed by atoms with Crippen molar-refractivity contribution in [3.05, 3.63) is 17.5 Å². The first kappa shape index (κ1) is 9.71. The molecule has 0 aliphatic carbocycles. The van der Waals surface area contributed by atoms with Crippen LogP contribution in [-0.4, -0.2) is 22.9 Å². The molecule has 1 aliphatic heterocycles. The van der Waals surface area contributed by atoms with Crippen LogP contribution in [0.3, 0.4) is 0 Å². The summed E-state index contributed by atoms with van der Waals surface area (Å²) in [6.45, 7) is 4.51. The van der Waals surface area contributed by atoms with E-state index in [2.05, 4.69) is 23.5 Å². The van der Waals surface area contributed by atoms with E-state index in [0.29, 0.717) is 0 Å². The largest absolute Gasteiger partial charge is 0.316 e. The Kier molecular flexibility index (Phi) is 2.87. The average Bonchev–Trinajstić information content (AvgIpc) is 2.72. The second-order valence-electron chi connectivity index (χ2n) is 4.31. The fourth-order valence-corrected chi connectivity index (χ4v) is 2.21. The minimum Gasteiger partial charge on any atom is -0.316 e. The van der Waals surface area contributed by atoms with Gasteiger partial charge in [0.25, 0.3) is 0 Å². The maximum absolute atomic E-state index is 4.36. The molecule has 0 amide bonds. The van der Waals surface area contributed by atoms with Crippen LogP contribution in [-0.2, 0) is 13.5 Å². The first-order chi connectivity index (χ1) is 6.75. The molecule has 0 bridgehead atoms. The zero-order valence-electron chi connectivity index (χ0n) is 9.08. The first-order valence-electron chi connectivity index (χ1n) is 5.45. The maximum Gasteiger partial charge on any atom is 0.0625 e. The number of hydrogen-bond acceptors (Lipinski definition) is 2. The second kappa shape index (κ2) is 4.13. The molecule has 78 valence electrons. The second-order valence-corrected chi connectivity index (χ2v) is 4.31. The zero-order chi connectivity index (χ0) is 9.97. The van der Waals surface area contributed by atoms with Gasteiger partial charge in [-0.25, -0.2) is 0 Å². The van der Waals surface area contributed by atoms with Crippen molar-refractivity contribution in [2.45, 2.75) is 26.2 Å². The summed E-state index contributed by atoms with van der Waals surface area (Å²) in [4.78, 5) is 0. The highest BCUT2D eigenvalue weighted by Gasteiger charge is 2.14. The Balaban J connectivity index is 1.87. The molecule has 1 fully saturated rings. The molecule has 1 aliphatic rings. The fraction of sp³-hybridized carbons (Fsp3) is 0.727. The Labute approximate surface area is 85.5 Å². The molecule has 1 aromatic rings. The van der Waals surface area contributed by atoms with E-state index in [1.165, 1.54) is 43.6 Å². The van der Waals surface area contributed by atoms with Gasteiger partial charge in [-0.15, -0.1) is 0 Å². The van der Waals surface area contributed by atoms with Gasteiger partial charge in [-0.1, -0.05) is 0 Å². The monoisotopic (exact) mass is 193 g/mol. The lowest BCUT2D eigenvalue weighted by Crippen LogP contribution is -2.09. The molecular weight excluding hydrogens is 174 g/mol. The molecule has 0 saturated carbocycles. The average molecular weight is 193 g/mol. The molecular formula is C11H19N3. The van der Waals surface area contributed by atoms with Crippen LogP contribution in [0, 0.1) is 12.8 Å². The molecule has 1 unspecified atom stereocenters. The molecule has 0 spiro atoms. The number of nitrogens with one attached hydrogen (secondary N) is 1. The van der Waals surface area contributed by atoms with Gasteiger partial charge in [0.05, 0.1) is 5.69 Å². The van der Waals surface area contributed by atoms with Gasteiger partial charge in [0.2, 0.25) is 0 Å². The van der Waals surface area contributed by atoms with E-state index >= 15 is 0 Å². The number of hydrogen-bond donors (Lipinski definition) is 1. The normalized spacial score (nSPS) is 21.7. The number of rotatable bonds is 3. The highest BCUT2D eigenvalue weighted by Crippen LogP contribution is 2.17. The molecule has 2 heterocycles. The molecule has 2 rings (SSSR count). The van der Waals surface area contributed by atoms with Gasteiger partial charge in [0.15, 0.2) is 0 Å². The van der Waals surface area contributed by atoms with Crippen LogP contribution in [0.2, 0.25) is 0 Å². The van der Waals surface area contributed by atoms with Crippen LogP contribution in [0.4, 0.5) is 0 Å². The van der Waals surface area contributed by atoms with Gasteiger partial charge in [0, 0.05) is 13.2 Å². The minimum absolute atomic E-state index is 0.884. The van der Waals surface area contributed by atoms with Gasteiger partial charge in [-0.05, 0) is 50.8 Å². The summed E-state index contributed by atoms with van der Waals surface area (Å²) in [6.07, 6.45) is 5.99. The van der Waals surface area contributed by atoms with E-state index < -0.39 is 0 Å². The summed E-state index contributed by atoms with van der Waals surface area (Å²) in [5.74, 6) is 0.884. The van der Waals surface area contributed by atoms with Crippen molar-refractivity contribution >= 4 is 0 Å². The topological polar surface area (TPSA) is 29.9 Å². The van der Waals surface area contributed by atoms with Crippen LogP contribution in [0.25, 0.3) is 0 Å². The lowest BCUT2D eigenvalue weighted by atomic mass is 9.99. The molecule has 14 heavy (non-hydrogen) atoms. The molecule has 1 saturated heterocycles. The molecule has 3 nitrogen and oxygen atoms in total. The Morgan fingerprint density at radius 2 is 2.50 bits per heavy atom. The van der Waals surface area contributed by atoms with Gasteiger partial charge in [0.1, 0.15) is 0 Å². The van der Waals surface area contributed by atoms with Crippen LogP contribution in [0.5, 0.6) is 0 Å². The number of nitrogens with zero attached hydrogens (tertiary/aromatic N) is 2. The van der Waals surface area contributed by atoms with E-state index in [1.807, 2.05) is 11.7 Å². The quantitative estimate of drug-likeness (QED) is 0.783. The highest BCUT2D eigenvalue weighted by molar-refractivity contribution is 5.15. The van der Waals surface area contributed by atoms with E-state index in [1.54, 1.807) is 0 Å². The summed E-state index contributed by atoms with van der Waals surface area (Å²) in [7, 11) is 1.99. The van der Waals surface area contributed by atoms with Gasteiger partial charge in [-0.2, -0.15) is 5.10 Å². The van der Waals surface area contributed by atoms with Crippen molar-refractivity contribution in [3.8, 4) is 0 Å². The predicted octanol–water partition coefficient (Wildman–Crippen LogP) is 1.27. The number of aromatic nitrogens is 2. The molecule has 1 atom stereocenters. The molecule has 1 N–H and O–H groups in total. The third-order valence-electron chi connectivity index (χ3n) is 3.10. The standard InChI is InChI=1S/C11H19N3/c1-9-11(8-14(2)13-9)4-3-10-5-6-12-7-10/h8,10,12H,3-7H2,1-2H3. The minimum atomic E-state index is 0.884. The SMILES string of the molecule is Cc1nn(C)cc1CCC1CCNC1. The highest BCUT2D eigenvalue weighted by atomic mass is 15.2. The van der Waals surface area contributed by atoms with Crippen molar-refractivity contribution in [2.24, 2.45) is 13.0 Å². The van der Waals surface area contributed by atoms with E-state index in [9.17, 15) is 0 Å². The van der Waals surface area contributed by atoms with Crippen molar-refractivity contribution in [2.75, 3.05) is 13.1 Å². The third-order valence-corrected chi connectivity index (χ3v) is 3.10. The summed E-state index contributed by atoms with van der Waals surface area (Å²) in [5.41, 5.74) is 2.61. The Morgan fingerprint density at radius 1 is 1.64 bits per heavy atom. The van der Waals surface area contributed by atoms with E-state index in [0.717, 1.165) is 5.92 Å². The van der Waals surface area contributed by atoms with E-state index in [4.69, 9.17) is 0 Å². The third kappa shape index (κ3) is 2.15. The fourth-order valence-electron chi connectivity index (χ4n) is 2.21. The molecule has 3 heteroatoms. The Hall–Kier alpha value is -0.830. The molecule has 0 radical (unpaired) electrons. The lowest BCUT2D eigenvalue weighted by Gasteiger charge is -2.06. The Morgan fingerprint density at radius 3 is 3.07 bits per heavy atom. The van der Waals surface area contributed by atoms with Crippen LogP contribution >= 0.6 is 0 Å². The zero-order valence-corrected chi connectivity index (χ0v) is 9.08. The summed E-state index contributed by atoms with van der Waals surface area (Å²) < 4.78 is 1.91. The lowest BCUT2D eigenvalue weighted by molar-refractivity contribution is 0.532. The van der Waals surface area contributed by atoms with Crippen molar-refractivity contribution in [3.63, 3.8) is 0 Å². The van der Waals surface area contributed by atoms with Crippen LogP contribution in [0.15, 0.2) is 6.20 Å². The summed E-state index contributed by atoms with van der Waals surface area (Å²) >= 11 is 0. The van der Waals surface area contributed by atoms with Gasteiger partial charge in [-0.3, -0.25) is 4.68 Å². The van der Waals surface area contributed by atoms with Crippen molar-refractivity contribution < 1.29 is 0 Å². The first-order valence-corrected chi connectivity index (χ1v) is 5.45. The number of aryl methyl sites for hydroxylation is 3. The van der Waals surface area contributed by atoms with Crippen LogP contribution in [0.1, 0.15) is 24.1 Å². The smallest absolute Gasteiger partial charge is 0.0625 e. The molecule has 0 aromatic carbocycles. The van der Waals surface area contributed by atoms with E-state index in [-0.39, 0.29) is 0 Å². The molecule has 1 aromatic heterocycles. The summed E-state index contributed by atoms with van der Waals surface area (Å²) in [6, 6.07) is 0. The van der Waals surface area contributed by atoms with Crippen molar-refractivity contribution in [1.29, 1.82) is 0 Å². The predicted molar refractivity (Wildman–Crippen MR) is 57.2 cm³/mol. The maximum atomic E-state index is 4.36. The Bertz CT molecular complexity index is 297. The van der Waals surface area contributed by atoms with Gasteiger partial charge < -0.3 is 5.32 Å².